The van der Waals surface area contributed by atoms with Crippen molar-refractivity contribution in [3.63, 3.8) is 0 Å². The number of nitrogens with zero attached hydrogens (tertiary/aromatic N) is 1. The number of carbonyl (C=O) groups excluding carboxylic acids is 2. The molecule has 2 aromatic rings. The molecule has 4 nitrogen and oxygen atoms in total. The number of halogens is 3. The molecule has 0 aromatic heterocycles. The van der Waals surface area contributed by atoms with Crippen molar-refractivity contribution < 1.29 is 9.59 Å². The maximum atomic E-state index is 13.2. The van der Waals surface area contributed by atoms with Crippen LogP contribution in [0.15, 0.2) is 42.5 Å². The van der Waals surface area contributed by atoms with Crippen LogP contribution in [-0.2, 0) is 21.9 Å². The highest BCUT2D eigenvalue weighted by Crippen LogP contribution is 2.26. The van der Waals surface area contributed by atoms with E-state index in [2.05, 4.69) is 5.32 Å². The summed E-state index contributed by atoms with van der Waals surface area (Å²) in [5.74, 6) is 0.562. The molecule has 1 fully saturated rings. The van der Waals surface area contributed by atoms with E-state index in [4.69, 9.17) is 34.8 Å². The van der Waals surface area contributed by atoms with E-state index in [1.54, 1.807) is 30.0 Å². The maximum absolute atomic E-state index is 13.2. The Balaban J connectivity index is 1.67. The smallest absolute Gasteiger partial charge is 0.242 e. The van der Waals surface area contributed by atoms with Crippen LogP contribution in [0.5, 0.6) is 0 Å². The monoisotopic (exact) mass is 512 g/mol. The fraction of sp³-hybridized carbons (Fsp3) is 0.417. The minimum atomic E-state index is -0.598. The summed E-state index contributed by atoms with van der Waals surface area (Å²) in [6.07, 6.45) is 4.25. The van der Waals surface area contributed by atoms with Crippen LogP contribution in [-0.4, -0.2) is 34.6 Å². The molecular formula is C24H27Cl3N2O2S. The van der Waals surface area contributed by atoms with Crippen molar-refractivity contribution >= 4 is 58.4 Å². The molecule has 32 heavy (non-hydrogen) atoms. The summed E-state index contributed by atoms with van der Waals surface area (Å²) in [4.78, 5) is 27.7. The molecule has 2 aromatic carbocycles. The first-order valence-corrected chi connectivity index (χ1v) is 13.0. The third kappa shape index (κ3) is 7.05. The predicted octanol–water partition coefficient (Wildman–Crippen LogP) is 6.36. The molecule has 0 spiro atoms. The number of carbonyl (C=O) groups is 2. The SMILES string of the molecule is C[C@H](C(=O)NC1CCCC1)N(Cc1ccccc1Cl)C(=O)CSCc1ccc(Cl)cc1Cl. The molecule has 172 valence electrons. The summed E-state index contributed by atoms with van der Waals surface area (Å²) >= 11 is 20.0. The van der Waals surface area contributed by atoms with E-state index in [1.807, 2.05) is 24.3 Å². The molecule has 2 amide bonds. The van der Waals surface area contributed by atoms with Crippen molar-refractivity contribution in [2.45, 2.75) is 57.0 Å². The molecule has 1 aliphatic rings. The van der Waals surface area contributed by atoms with E-state index in [1.165, 1.54) is 11.8 Å². The Hall–Kier alpha value is -1.40. The Morgan fingerprint density at radius 2 is 1.78 bits per heavy atom. The molecule has 0 aliphatic heterocycles. The number of hydrogen-bond donors (Lipinski definition) is 1. The zero-order valence-corrected chi connectivity index (χ0v) is 21.0. The molecule has 3 rings (SSSR count). The van der Waals surface area contributed by atoms with Gasteiger partial charge in [0.25, 0.3) is 0 Å². The largest absolute Gasteiger partial charge is 0.352 e. The third-order valence-electron chi connectivity index (χ3n) is 5.67. The lowest BCUT2D eigenvalue weighted by Gasteiger charge is -2.30. The van der Waals surface area contributed by atoms with Gasteiger partial charge in [-0.25, -0.2) is 0 Å². The Morgan fingerprint density at radius 3 is 2.47 bits per heavy atom. The number of benzene rings is 2. The van der Waals surface area contributed by atoms with E-state index < -0.39 is 6.04 Å². The van der Waals surface area contributed by atoms with Gasteiger partial charge in [-0.05, 0) is 49.1 Å². The van der Waals surface area contributed by atoms with Crippen LogP contribution in [0.3, 0.4) is 0 Å². The first-order valence-electron chi connectivity index (χ1n) is 10.7. The van der Waals surface area contributed by atoms with Crippen LogP contribution in [0, 0.1) is 0 Å². The molecule has 1 atom stereocenters. The molecule has 0 unspecified atom stereocenters. The zero-order chi connectivity index (χ0) is 23.1. The van der Waals surface area contributed by atoms with Crippen molar-refractivity contribution in [2.75, 3.05) is 5.75 Å². The second-order valence-corrected chi connectivity index (χ2v) is 10.2. The lowest BCUT2D eigenvalue weighted by molar-refractivity contribution is -0.138. The molecular weight excluding hydrogens is 487 g/mol. The summed E-state index contributed by atoms with van der Waals surface area (Å²) in [5.41, 5.74) is 1.73. The number of rotatable bonds is 9. The zero-order valence-electron chi connectivity index (χ0n) is 18.0. The summed E-state index contributed by atoms with van der Waals surface area (Å²) in [7, 11) is 0. The van der Waals surface area contributed by atoms with Gasteiger partial charge in [-0.15, -0.1) is 11.8 Å². The van der Waals surface area contributed by atoms with E-state index in [0.717, 1.165) is 36.8 Å². The molecule has 0 saturated heterocycles. The van der Waals surface area contributed by atoms with Crippen molar-refractivity contribution in [3.8, 4) is 0 Å². The summed E-state index contributed by atoms with van der Waals surface area (Å²) in [5, 5.41) is 4.84. The highest BCUT2D eigenvalue weighted by Gasteiger charge is 2.28. The Bertz CT molecular complexity index is 951. The lowest BCUT2D eigenvalue weighted by Crippen LogP contribution is -2.50. The maximum Gasteiger partial charge on any atom is 0.242 e. The van der Waals surface area contributed by atoms with Gasteiger partial charge in [-0.1, -0.05) is 71.9 Å². The Labute approximate surface area is 209 Å². The Kier molecular flexibility index (Phi) is 9.60. The van der Waals surface area contributed by atoms with Gasteiger partial charge in [0.2, 0.25) is 11.8 Å². The predicted molar refractivity (Wildman–Crippen MR) is 134 cm³/mol. The van der Waals surface area contributed by atoms with E-state index in [9.17, 15) is 9.59 Å². The first kappa shape index (κ1) is 25.2. The van der Waals surface area contributed by atoms with Gasteiger partial charge in [-0.3, -0.25) is 9.59 Å². The van der Waals surface area contributed by atoms with E-state index in [-0.39, 0.29) is 30.2 Å². The van der Waals surface area contributed by atoms with Gasteiger partial charge in [0, 0.05) is 33.4 Å². The summed E-state index contributed by atoms with van der Waals surface area (Å²) in [6.45, 7) is 2.06. The summed E-state index contributed by atoms with van der Waals surface area (Å²) in [6, 6.07) is 12.3. The van der Waals surface area contributed by atoms with Crippen LogP contribution in [0.1, 0.15) is 43.7 Å². The molecule has 0 bridgehead atoms. The molecule has 8 heteroatoms. The first-order chi connectivity index (χ1) is 15.3. The topological polar surface area (TPSA) is 49.4 Å². The second-order valence-electron chi connectivity index (χ2n) is 8.01. The Morgan fingerprint density at radius 1 is 1.06 bits per heavy atom. The van der Waals surface area contributed by atoms with Crippen LogP contribution in [0.25, 0.3) is 0 Å². The third-order valence-corrected chi connectivity index (χ3v) is 7.59. The number of nitrogens with one attached hydrogen (secondary N) is 1. The fourth-order valence-electron chi connectivity index (χ4n) is 3.75. The molecule has 1 saturated carbocycles. The minimum Gasteiger partial charge on any atom is -0.352 e. The average Bonchev–Trinajstić information content (AvgIpc) is 3.27. The highest BCUT2D eigenvalue weighted by molar-refractivity contribution is 7.99. The normalized spacial score (nSPS) is 14.9. The second kappa shape index (κ2) is 12.2. The minimum absolute atomic E-state index is 0.117. The van der Waals surface area contributed by atoms with E-state index >= 15 is 0 Å². The average molecular weight is 514 g/mol. The van der Waals surface area contributed by atoms with Gasteiger partial charge in [0.15, 0.2) is 0 Å². The van der Waals surface area contributed by atoms with Crippen molar-refractivity contribution in [1.29, 1.82) is 0 Å². The van der Waals surface area contributed by atoms with Crippen LogP contribution in [0.2, 0.25) is 15.1 Å². The number of hydrogen-bond acceptors (Lipinski definition) is 3. The van der Waals surface area contributed by atoms with Crippen molar-refractivity contribution in [3.05, 3.63) is 68.7 Å². The van der Waals surface area contributed by atoms with Crippen molar-refractivity contribution in [2.24, 2.45) is 0 Å². The highest BCUT2D eigenvalue weighted by atomic mass is 35.5. The van der Waals surface area contributed by atoms with Gasteiger partial charge in [0.05, 0.1) is 5.75 Å². The molecule has 1 N–H and O–H groups in total. The van der Waals surface area contributed by atoms with Crippen LogP contribution in [0.4, 0.5) is 0 Å². The van der Waals surface area contributed by atoms with Gasteiger partial charge in [-0.2, -0.15) is 0 Å². The quantitative estimate of drug-likeness (QED) is 0.425. The molecule has 0 heterocycles. The van der Waals surface area contributed by atoms with E-state index in [0.29, 0.717) is 20.8 Å². The summed E-state index contributed by atoms with van der Waals surface area (Å²) < 4.78 is 0. The van der Waals surface area contributed by atoms with Crippen LogP contribution < -0.4 is 5.32 Å². The standard InChI is InChI=1S/C24H27Cl3N2O2S/c1-16(24(31)28-20-7-3-4-8-20)29(13-17-6-2-5-9-21(17)26)23(30)15-32-14-18-10-11-19(25)12-22(18)27/h2,5-6,9-12,16,20H,3-4,7-8,13-15H2,1H3,(H,28,31)/t16-/m1/s1. The van der Waals surface area contributed by atoms with Gasteiger partial charge >= 0.3 is 0 Å². The molecule has 0 radical (unpaired) electrons. The molecule has 1 aliphatic carbocycles. The van der Waals surface area contributed by atoms with Crippen LogP contribution >= 0.6 is 46.6 Å². The van der Waals surface area contributed by atoms with Gasteiger partial charge < -0.3 is 10.2 Å². The number of thioether (sulfide) groups is 1. The number of amides is 2. The lowest BCUT2D eigenvalue weighted by atomic mass is 10.1. The van der Waals surface area contributed by atoms with Gasteiger partial charge in [0.1, 0.15) is 6.04 Å². The van der Waals surface area contributed by atoms with Crippen molar-refractivity contribution in [1.82, 2.24) is 10.2 Å². The fourth-order valence-corrected chi connectivity index (χ4v) is 5.42.